The average Bonchev–Trinajstić information content (AvgIpc) is 2.78. The number of nitrogens with zero attached hydrogens (tertiary/aromatic N) is 2. The molecule has 1 aliphatic rings. The van der Waals surface area contributed by atoms with E-state index in [9.17, 15) is 0 Å². The number of rotatable bonds is 7. The molecule has 2 heterocycles. The van der Waals surface area contributed by atoms with Crippen LogP contribution in [0.4, 0.5) is 0 Å². The van der Waals surface area contributed by atoms with E-state index in [1.54, 1.807) is 10.8 Å². The number of allylic oxidation sites excluding steroid dienone is 11. The summed E-state index contributed by atoms with van der Waals surface area (Å²) in [4.78, 5) is 4.55. The van der Waals surface area contributed by atoms with Gasteiger partial charge in [-0.3, -0.25) is 0 Å². The molecule has 156 valence electrons. The highest BCUT2D eigenvalue weighted by molar-refractivity contribution is 5.64. The van der Waals surface area contributed by atoms with E-state index in [0.717, 1.165) is 34.5 Å². The molecule has 0 saturated heterocycles. The van der Waals surface area contributed by atoms with Crippen molar-refractivity contribution in [2.45, 2.75) is 20.3 Å². The minimum atomic E-state index is 0.618. The van der Waals surface area contributed by atoms with Crippen molar-refractivity contribution in [2.75, 3.05) is 5.84 Å². The summed E-state index contributed by atoms with van der Waals surface area (Å²) < 4.78 is 1.60. The third kappa shape index (κ3) is 6.38. The van der Waals surface area contributed by atoms with E-state index in [2.05, 4.69) is 67.1 Å². The number of pyridine rings is 2. The Morgan fingerprint density at radius 1 is 1.16 bits per heavy atom. The molecular weight excluding hydrogens is 378 g/mol. The Morgan fingerprint density at radius 2 is 2.00 bits per heavy atom. The van der Waals surface area contributed by atoms with Crippen LogP contribution >= 0.6 is 0 Å². The monoisotopic (exact) mass is 408 g/mol. The Hall–Kier alpha value is -3.72. The van der Waals surface area contributed by atoms with Crippen LogP contribution in [0.2, 0.25) is 0 Å². The quantitative estimate of drug-likeness (QED) is 0.347. The molecule has 0 spiro atoms. The Kier molecular flexibility index (Phi) is 7.72. The van der Waals surface area contributed by atoms with Crippen molar-refractivity contribution >= 4 is 12.2 Å². The summed E-state index contributed by atoms with van der Waals surface area (Å²) in [5.41, 5.74) is 6.13. The lowest BCUT2D eigenvalue weighted by molar-refractivity contribution is -0.627. The summed E-state index contributed by atoms with van der Waals surface area (Å²) in [5.74, 6) is 6.83. The second-order valence-corrected chi connectivity index (χ2v) is 7.57. The van der Waals surface area contributed by atoms with Gasteiger partial charge in [0.15, 0.2) is 0 Å². The highest BCUT2D eigenvalue weighted by atomic mass is 15.3. The van der Waals surface area contributed by atoms with Gasteiger partial charge in [-0.05, 0) is 53.7 Å². The smallest absolute Gasteiger partial charge is 0.250 e. The van der Waals surface area contributed by atoms with Gasteiger partial charge in [0.2, 0.25) is 6.20 Å². The van der Waals surface area contributed by atoms with Crippen molar-refractivity contribution < 1.29 is 4.68 Å². The highest BCUT2D eigenvalue weighted by Crippen LogP contribution is 2.20. The first kappa shape index (κ1) is 22.0. The average molecular weight is 409 g/mol. The van der Waals surface area contributed by atoms with Gasteiger partial charge in [0.25, 0.3) is 5.69 Å². The molecule has 3 heteroatoms. The zero-order valence-corrected chi connectivity index (χ0v) is 18.3. The van der Waals surface area contributed by atoms with Crippen LogP contribution in [0, 0.1) is 5.92 Å². The molecule has 3 nitrogen and oxygen atoms in total. The van der Waals surface area contributed by atoms with Gasteiger partial charge in [-0.15, -0.1) is 0 Å². The molecule has 1 atom stereocenters. The van der Waals surface area contributed by atoms with Gasteiger partial charge < -0.3 is 0 Å². The van der Waals surface area contributed by atoms with Crippen LogP contribution in [0.1, 0.15) is 31.4 Å². The van der Waals surface area contributed by atoms with E-state index in [1.165, 1.54) is 5.57 Å². The van der Waals surface area contributed by atoms with Crippen LogP contribution < -0.4 is 10.5 Å². The first-order chi connectivity index (χ1) is 15.1. The molecule has 0 fully saturated rings. The molecule has 0 aliphatic heterocycles. The fraction of sp³-hybridized carbons (Fsp3) is 0.143. The standard InChI is InChI=1S/C28H30N3/c1-4-6-23(7-5-2)12-15-26-17-19-31(29)28(21-26)27-20-25(16-18-30-27)14-13-24-10-8-22(3)9-11-24/h4-8,10-22H,1,9,29H2,2-3H3/q+1/b7-5-,14-13+,15-12+,23-6+. The van der Waals surface area contributed by atoms with Gasteiger partial charge in [-0.2, -0.15) is 0 Å². The zero-order valence-electron chi connectivity index (χ0n) is 18.3. The van der Waals surface area contributed by atoms with E-state index in [4.69, 9.17) is 5.84 Å². The van der Waals surface area contributed by atoms with Gasteiger partial charge >= 0.3 is 0 Å². The third-order valence-corrected chi connectivity index (χ3v) is 5.00. The summed E-state index contributed by atoms with van der Waals surface area (Å²) in [6, 6.07) is 8.08. The van der Waals surface area contributed by atoms with Crippen molar-refractivity contribution in [3.63, 3.8) is 0 Å². The lowest BCUT2D eigenvalue weighted by atomic mass is 9.98. The number of hydrogen-bond donors (Lipinski definition) is 1. The van der Waals surface area contributed by atoms with Crippen LogP contribution in [-0.2, 0) is 0 Å². The largest absolute Gasteiger partial charge is 0.260 e. The van der Waals surface area contributed by atoms with Gasteiger partial charge in [0, 0.05) is 18.3 Å². The van der Waals surface area contributed by atoms with Gasteiger partial charge in [-0.1, -0.05) is 85.0 Å². The van der Waals surface area contributed by atoms with Crippen LogP contribution in [0.5, 0.6) is 0 Å². The molecule has 0 amide bonds. The molecule has 0 radical (unpaired) electrons. The number of nitrogen functional groups attached to an aromatic ring is 1. The molecule has 1 unspecified atom stereocenters. The number of hydrogen-bond acceptors (Lipinski definition) is 2. The molecule has 0 saturated carbocycles. The fourth-order valence-corrected chi connectivity index (χ4v) is 3.28. The van der Waals surface area contributed by atoms with E-state index >= 15 is 0 Å². The molecule has 3 rings (SSSR count). The summed E-state index contributed by atoms with van der Waals surface area (Å²) in [7, 11) is 0. The molecule has 1 aliphatic carbocycles. The highest BCUT2D eigenvalue weighted by Gasteiger charge is 2.13. The van der Waals surface area contributed by atoms with Crippen LogP contribution in [0.25, 0.3) is 23.5 Å². The van der Waals surface area contributed by atoms with E-state index in [0.29, 0.717) is 5.92 Å². The van der Waals surface area contributed by atoms with Crippen molar-refractivity contribution in [3.05, 3.63) is 120 Å². The van der Waals surface area contributed by atoms with E-state index < -0.39 is 0 Å². The van der Waals surface area contributed by atoms with Crippen LogP contribution in [-0.4, -0.2) is 4.98 Å². The molecule has 0 aromatic carbocycles. The Morgan fingerprint density at radius 3 is 2.74 bits per heavy atom. The summed E-state index contributed by atoms with van der Waals surface area (Å²) in [5, 5.41) is 0. The Labute approximate surface area is 185 Å². The van der Waals surface area contributed by atoms with Crippen LogP contribution in [0.15, 0.2) is 109 Å². The summed E-state index contributed by atoms with van der Waals surface area (Å²) in [6.07, 6.45) is 27.6. The van der Waals surface area contributed by atoms with Crippen molar-refractivity contribution in [1.82, 2.24) is 4.98 Å². The molecular formula is C28H30N3+. The third-order valence-electron chi connectivity index (χ3n) is 5.00. The molecule has 31 heavy (non-hydrogen) atoms. The number of aromatic nitrogens is 2. The molecule has 2 aromatic rings. The molecule has 0 bridgehead atoms. The maximum Gasteiger partial charge on any atom is 0.260 e. The van der Waals surface area contributed by atoms with Crippen molar-refractivity contribution in [1.29, 1.82) is 0 Å². The lowest BCUT2D eigenvalue weighted by Gasteiger charge is -2.08. The second kappa shape index (κ2) is 10.9. The van der Waals surface area contributed by atoms with Gasteiger partial charge in [0.05, 0.1) is 0 Å². The SMILES string of the molecule is C=C/C=C(\C=C/C)/C=C/c1cc[n+](N)c(-c2cc(/C=C/C3=CCC(C)C=C3)ccn2)c1. The predicted molar refractivity (Wildman–Crippen MR) is 132 cm³/mol. The zero-order chi connectivity index (χ0) is 22.1. The predicted octanol–water partition coefficient (Wildman–Crippen LogP) is 5.99. The Balaban J connectivity index is 1.85. The lowest BCUT2D eigenvalue weighted by Crippen LogP contribution is -2.46. The van der Waals surface area contributed by atoms with Crippen molar-refractivity contribution in [3.8, 4) is 11.4 Å². The summed E-state index contributed by atoms with van der Waals surface area (Å²) in [6.45, 7) is 8.00. The topological polar surface area (TPSA) is 42.8 Å². The van der Waals surface area contributed by atoms with E-state index in [-0.39, 0.29) is 0 Å². The first-order valence-corrected chi connectivity index (χ1v) is 10.6. The minimum Gasteiger partial charge on any atom is -0.250 e. The normalized spacial score (nSPS) is 17.0. The van der Waals surface area contributed by atoms with E-state index in [1.807, 2.05) is 55.7 Å². The Bertz CT molecular complexity index is 1110. The van der Waals surface area contributed by atoms with Crippen LogP contribution in [0.3, 0.4) is 0 Å². The molecule has 2 N–H and O–H groups in total. The maximum absolute atomic E-state index is 6.21. The number of nitrogens with two attached hydrogens (primary N) is 1. The minimum absolute atomic E-state index is 0.618. The van der Waals surface area contributed by atoms with Gasteiger partial charge in [-0.25, -0.2) is 10.8 Å². The van der Waals surface area contributed by atoms with Gasteiger partial charge in [0.1, 0.15) is 5.69 Å². The first-order valence-electron chi connectivity index (χ1n) is 10.6. The molecule has 2 aromatic heterocycles. The summed E-state index contributed by atoms with van der Waals surface area (Å²) >= 11 is 0. The maximum atomic E-state index is 6.21. The fourth-order valence-electron chi connectivity index (χ4n) is 3.28. The van der Waals surface area contributed by atoms with Crippen molar-refractivity contribution in [2.24, 2.45) is 5.92 Å². The second-order valence-electron chi connectivity index (χ2n) is 7.57.